The maximum Gasteiger partial charge on any atom is 0.490 e. The molecule has 0 bridgehead atoms. The molecule has 0 spiro atoms. The summed E-state index contributed by atoms with van der Waals surface area (Å²) in [7, 11) is 0. The van der Waals surface area contributed by atoms with E-state index in [0.717, 1.165) is 4.90 Å². The van der Waals surface area contributed by atoms with Gasteiger partial charge in [-0.1, -0.05) is 0 Å². The molecule has 11 nitrogen and oxygen atoms in total. The molecule has 0 atom stereocenters. The number of anilines is 2. The predicted molar refractivity (Wildman–Crippen MR) is 139 cm³/mol. The third-order valence-corrected chi connectivity index (χ3v) is 6.34. The number of alkyl halides is 6. The van der Waals surface area contributed by atoms with E-state index in [1.165, 1.54) is 54.0 Å². The molecule has 4 rings (SSSR count). The minimum absolute atomic E-state index is 0.0205. The van der Waals surface area contributed by atoms with E-state index in [1.807, 2.05) is 0 Å². The van der Waals surface area contributed by atoms with Crippen LogP contribution in [-0.4, -0.2) is 66.0 Å². The fourth-order valence-electron chi connectivity index (χ4n) is 3.55. The lowest BCUT2D eigenvalue weighted by molar-refractivity contribution is -0.192. The molecule has 18 heteroatoms. The van der Waals surface area contributed by atoms with Crippen molar-refractivity contribution in [2.24, 2.45) is 0 Å². The van der Waals surface area contributed by atoms with Crippen molar-refractivity contribution in [3.63, 3.8) is 0 Å². The average Bonchev–Trinajstić information content (AvgIpc) is 3.08. The minimum atomic E-state index is -5.08. The van der Waals surface area contributed by atoms with E-state index < -0.39 is 41.0 Å². The highest BCUT2D eigenvalue weighted by Crippen LogP contribution is 2.39. The number of halogens is 6. The number of pyridine rings is 1. The average molecular weight is 631 g/mol. The Labute approximate surface area is 242 Å². The van der Waals surface area contributed by atoms with Crippen molar-refractivity contribution >= 4 is 47.1 Å². The van der Waals surface area contributed by atoms with Crippen molar-refractivity contribution in [1.82, 2.24) is 19.9 Å². The number of urea groups is 1. The zero-order valence-corrected chi connectivity index (χ0v) is 22.8. The number of amides is 4. The van der Waals surface area contributed by atoms with E-state index in [1.54, 1.807) is 26.0 Å². The molecule has 1 fully saturated rings. The maximum absolute atomic E-state index is 13.2. The van der Waals surface area contributed by atoms with E-state index in [4.69, 9.17) is 9.90 Å². The number of nitrogens with zero attached hydrogens (tertiary/aromatic N) is 5. The van der Waals surface area contributed by atoms with Gasteiger partial charge in [-0.15, -0.1) is 0 Å². The van der Waals surface area contributed by atoms with Gasteiger partial charge in [0.15, 0.2) is 0 Å². The molecule has 0 saturated carbocycles. The monoisotopic (exact) mass is 630 g/mol. The van der Waals surface area contributed by atoms with Crippen molar-refractivity contribution in [1.29, 1.82) is 0 Å². The van der Waals surface area contributed by atoms with Crippen LogP contribution in [0.5, 0.6) is 0 Å². The van der Waals surface area contributed by atoms with Crippen molar-refractivity contribution in [2.75, 3.05) is 10.2 Å². The number of aromatic nitrogens is 3. The molecule has 0 radical (unpaired) electrons. The van der Waals surface area contributed by atoms with Crippen LogP contribution in [0.2, 0.25) is 0 Å². The molecule has 0 aliphatic carbocycles. The Morgan fingerprint density at radius 3 is 2.14 bits per heavy atom. The summed E-state index contributed by atoms with van der Waals surface area (Å²) < 4.78 is 69.6. The molecule has 43 heavy (non-hydrogen) atoms. The van der Waals surface area contributed by atoms with E-state index >= 15 is 0 Å². The SMILES string of the molecule is CC1(C)C(=O)N(c2ccc(SC(F)(F)F)cc2)C(=O)N1Cc1ccnc(NC(=O)c2cnccn2)c1.O=C(O)C(F)(F)F. The summed E-state index contributed by atoms with van der Waals surface area (Å²) in [5, 5.41) is 9.73. The number of benzene rings is 1. The number of carbonyl (C=O) groups is 4. The Morgan fingerprint density at radius 1 is 0.977 bits per heavy atom. The lowest BCUT2D eigenvalue weighted by atomic mass is 10.0. The summed E-state index contributed by atoms with van der Waals surface area (Å²) in [4.78, 5) is 61.7. The molecule has 2 N–H and O–H groups in total. The Hall–Kier alpha value is -4.74. The third-order valence-electron chi connectivity index (χ3n) is 5.60. The summed E-state index contributed by atoms with van der Waals surface area (Å²) in [6.07, 6.45) is 0.487. The summed E-state index contributed by atoms with van der Waals surface area (Å²) in [5.74, 6) is -3.58. The van der Waals surface area contributed by atoms with Crippen LogP contribution in [0.25, 0.3) is 0 Å². The summed E-state index contributed by atoms with van der Waals surface area (Å²) in [5.41, 5.74) is -4.83. The Morgan fingerprint density at radius 2 is 1.60 bits per heavy atom. The number of hydrogen-bond acceptors (Lipinski definition) is 8. The highest BCUT2D eigenvalue weighted by molar-refractivity contribution is 8.00. The quantitative estimate of drug-likeness (QED) is 0.215. The number of thioether (sulfide) groups is 1. The second kappa shape index (κ2) is 12.6. The van der Waals surface area contributed by atoms with Gasteiger partial charge in [-0.2, -0.15) is 26.3 Å². The highest BCUT2D eigenvalue weighted by atomic mass is 32.2. The van der Waals surface area contributed by atoms with Crippen molar-refractivity contribution in [3.8, 4) is 0 Å². The molecule has 2 aromatic heterocycles. The second-order valence-electron chi connectivity index (χ2n) is 9.01. The summed E-state index contributed by atoms with van der Waals surface area (Å²) in [6, 6.07) is 7.60. The number of imide groups is 1. The Kier molecular flexibility index (Phi) is 9.63. The molecular weight excluding hydrogens is 610 g/mol. The largest absolute Gasteiger partial charge is 0.490 e. The van der Waals surface area contributed by atoms with Crippen LogP contribution >= 0.6 is 11.8 Å². The van der Waals surface area contributed by atoms with E-state index in [0.29, 0.717) is 5.56 Å². The lowest BCUT2D eigenvalue weighted by Crippen LogP contribution is -2.43. The number of nitrogens with one attached hydrogen (secondary N) is 1. The van der Waals surface area contributed by atoms with Crippen LogP contribution in [-0.2, 0) is 16.1 Å². The van der Waals surface area contributed by atoms with Crippen molar-refractivity contribution in [3.05, 3.63) is 72.4 Å². The van der Waals surface area contributed by atoms with Gasteiger partial charge < -0.3 is 15.3 Å². The van der Waals surface area contributed by atoms with Crippen molar-refractivity contribution < 1.29 is 50.6 Å². The smallest absolute Gasteiger partial charge is 0.475 e. The van der Waals surface area contributed by atoms with Crippen molar-refractivity contribution in [2.45, 2.75) is 42.5 Å². The van der Waals surface area contributed by atoms with Gasteiger partial charge in [-0.3, -0.25) is 14.6 Å². The zero-order chi connectivity index (χ0) is 32.2. The second-order valence-corrected chi connectivity index (χ2v) is 10.1. The Bertz CT molecular complexity index is 1500. The minimum Gasteiger partial charge on any atom is -0.475 e. The predicted octanol–water partition coefficient (Wildman–Crippen LogP) is 5.12. The fraction of sp³-hybridized carbons (Fsp3) is 0.240. The number of carboxylic acid groups (broad SMARTS) is 1. The van der Waals surface area contributed by atoms with Gasteiger partial charge in [0.25, 0.3) is 11.8 Å². The number of hydrogen-bond donors (Lipinski definition) is 2. The fourth-order valence-corrected chi connectivity index (χ4v) is 4.09. The highest BCUT2D eigenvalue weighted by Gasteiger charge is 2.51. The van der Waals surface area contributed by atoms with Crippen LogP contribution in [0.1, 0.15) is 29.9 Å². The van der Waals surface area contributed by atoms with Gasteiger partial charge in [0.1, 0.15) is 17.1 Å². The zero-order valence-electron chi connectivity index (χ0n) is 22.0. The molecular formula is C25H20F6N6O5S. The molecule has 1 saturated heterocycles. The van der Waals surface area contributed by atoms with E-state index in [-0.39, 0.29) is 40.4 Å². The van der Waals surface area contributed by atoms with Gasteiger partial charge in [-0.05, 0) is 67.6 Å². The third kappa shape index (κ3) is 8.40. The molecule has 1 aliphatic heterocycles. The molecule has 3 aromatic rings. The van der Waals surface area contributed by atoms with Crippen LogP contribution in [0.3, 0.4) is 0 Å². The molecule has 4 amide bonds. The first kappa shape index (κ1) is 32.8. The first-order valence-electron chi connectivity index (χ1n) is 11.7. The van der Waals surface area contributed by atoms with Gasteiger partial charge in [0, 0.05) is 30.0 Å². The molecule has 228 valence electrons. The lowest BCUT2D eigenvalue weighted by Gasteiger charge is -2.27. The topological polar surface area (TPSA) is 146 Å². The number of carboxylic acids is 1. The van der Waals surface area contributed by atoms with Crippen LogP contribution < -0.4 is 10.2 Å². The molecule has 1 aliphatic rings. The number of carbonyl (C=O) groups excluding carboxylic acids is 3. The Balaban J connectivity index is 0.000000646. The summed E-state index contributed by atoms with van der Waals surface area (Å²) in [6.45, 7) is 3.19. The van der Waals surface area contributed by atoms with E-state index in [2.05, 4.69) is 20.3 Å². The van der Waals surface area contributed by atoms with Gasteiger partial charge in [-0.25, -0.2) is 24.5 Å². The van der Waals surface area contributed by atoms with Gasteiger partial charge >= 0.3 is 23.7 Å². The first-order valence-corrected chi connectivity index (χ1v) is 12.6. The van der Waals surface area contributed by atoms with Crippen LogP contribution in [0.4, 0.5) is 42.6 Å². The number of rotatable bonds is 6. The van der Waals surface area contributed by atoms with Crippen LogP contribution in [0, 0.1) is 0 Å². The van der Waals surface area contributed by atoms with E-state index in [9.17, 15) is 40.7 Å². The van der Waals surface area contributed by atoms with Gasteiger partial charge in [0.2, 0.25) is 0 Å². The maximum atomic E-state index is 13.2. The standard InChI is InChI=1S/C23H19F3N6O3S.C2HF3O2/c1-22(2)20(34)32(15-3-5-16(6-4-15)36-23(24,25)26)21(35)31(22)13-14-7-8-29-18(11-14)30-19(33)17-12-27-9-10-28-17;3-2(4,5)1(6)7/h3-12H,13H2,1-2H3,(H,29,30,33);(H,6,7). The summed E-state index contributed by atoms with van der Waals surface area (Å²) >= 11 is -0.282. The first-order chi connectivity index (χ1) is 19.9. The molecule has 3 heterocycles. The molecule has 0 unspecified atom stereocenters. The van der Waals surface area contributed by atoms with Crippen LogP contribution in [0.15, 0.2) is 66.1 Å². The number of aliphatic carboxylic acids is 1. The van der Waals surface area contributed by atoms with Gasteiger partial charge in [0.05, 0.1) is 11.9 Å². The molecule has 1 aromatic carbocycles. The normalized spacial score (nSPS) is 14.7.